The standard InChI is InChI=1S/C13H18F2O2Si/c1-10(16)12(14,15)13(17,18(2,3)4)11-8-6-5-7-9-11/h5-9,17H,1-4H3. The number of hydrogen-bond acceptors (Lipinski definition) is 2. The summed E-state index contributed by atoms with van der Waals surface area (Å²) in [5.41, 5.74) is 0.101. The summed E-state index contributed by atoms with van der Waals surface area (Å²) in [6, 6.07) is 7.72. The van der Waals surface area contributed by atoms with Crippen LogP contribution >= 0.6 is 0 Å². The third kappa shape index (κ3) is 2.12. The van der Waals surface area contributed by atoms with E-state index in [9.17, 15) is 18.7 Å². The summed E-state index contributed by atoms with van der Waals surface area (Å²) in [6.45, 7) is 5.68. The van der Waals surface area contributed by atoms with E-state index >= 15 is 0 Å². The van der Waals surface area contributed by atoms with Crippen LogP contribution in [0.2, 0.25) is 19.6 Å². The van der Waals surface area contributed by atoms with Crippen LogP contribution in [0.3, 0.4) is 0 Å². The molecule has 100 valence electrons. The average Bonchev–Trinajstić information content (AvgIpc) is 2.27. The minimum absolute atomic E-state index is 0.101. The topological polar surface area (TPSA) is 37.3 Å². The van der Waals surface area contributed by atoms with Gasteiger partial charge in [-0.05, 0) is 5.56 Å². The SMILES string of the molecule is CC(=O)C(F)(F)C(O)(c1ccccc1)[Si](C)(C)C. The van der Waals surface area contributed by atoms with Gasteiger partial charge in [0, 0.05) is 6.92 Å². The second kappa shape index (κ2) is 4.55. The zero-order valence-electron chi connectivity index (χ0n) is 11.0. The summed E-state index contributed by atoms with van der Waals surface area (Å²) in [4.78, 5) is 11.2. The van der Waals surface area contributed by atoms with Gasteiger partial charge in [0.15, 0.2) is 0 Å². The zero-order chi connectivity index (χ0) is 14.2. The molecule has 2 nitrogen and oxygen atoms in total. The molecule has 1 aromatic rings. The number of ketones is 1. The van der Waals surface area contributed by atoms with Crippen molar-refractivity contribution in [1.82, 2.24) is 0 Å². The van der Waals surface area contributed by atoms with Gasteiger partial charge in [-0.2, -0.15) is 8.78 Å². The Bertz CT molecular complexity index is 440. The number of hydrogen-bond donors (Lipinski definition) is 1. The monoisotopic (exact) mass is 272 g/mol. The van der Waals surface area contributed by atoms with E-state index < -0.39 is 25.0 Å². The fourth-order valence-corrected chi connectivity index (χ4v) is 4.17. The van der Waals surface area contributed by atoms with Crippen molar-refractivity contribution in [3.05, 3.63) is 35.9 Å². The highest BCUT2D eigenvalue weighted by Gasteiger charge is 2.63. The van der Waals surface area contributed by atoms with Crippen molar-refractivity contribution in [3.8, 4) is 0 Å². The van der Waals surface area contributed by atoms with E-state index in [1.54, 1.807) is 37.8 Å². The molecular formula is C13H18F2O2Si. The number of alkyl halides is 2. The zero-order valence-corrected chi connectivity index (χ0v) is 12.0. The maximum atomic E-state index is 14.2. The van der Waals surface area contributed by atoms with Crippen LogP contribution in [0.1, 0.15) is 12.5 Å². The first-order valence-electron chi connectivity index (χ1n) is 5.72. The van der Waals surface area contributed by atoms with Gasteiger partial charge in [0.05, 0.1) is 8.07 Å². The highest BCUT2D eigenvalue weighted by atomic mass is 28.3. The molecule has 0 aromatic heterocycles. The molecule has 0 heterocycles. The average molecular weight is 272 g/mol. The lowest BCUT2D eigenvalue weighted by atomic mass is 10.00. The third-order valence-electron chi connectivity index (χ3n) is 3.17. The predicted molar refractivity (Wildman–Crippen MR) is 69.3 cm³/mol. The Kier molecular flexibility index (Phi) is 3.79. The molecule has 0 radical (unpaired) electrons. The number of carbonyl (C=O) groups excluding carboxylic acids is 1. The van der Waals surface area contributed by atoms with Crippen LogP contribution in [0.4, 0.5) is 8.78 Å². The van der Waals surface area contributed by atoms with E-state index in [0.29, 0.717) is 0 Å². The Morgan fingerprint density at radius 3 is 1.94 bits per heavy atom. The Hall–Kier alpha value is -1.07. The smallest absolute Gasteiger partial charge is 0.333 e. The Morgan fingerprint density at radius 2 is 1.61 bits per heavy atom. The molecule has 5 heteroatoms. The van der Waals surface area contributed by atoms with E-state index in [0.717, 1.165) is 6.92 Å². The first-order valence-corrected chi connectivity index (χ1v) is 9.22. The molecule has 1 unspecified atom stereocenters. The summed E-state index contributed by atoms with van der Waals surface area (Å²) in [5.74, 6) is -5.09. The van der Waals surface area contributed by atoms with Crippen molar-refractivity contribution in [2.24, 2.45) is 0 Å². The molecule has 0 aliphatic rings. The molecule has 0 aliphatic carbocycles. The van der Waals surface area contributed by atoms with Gasteiger partial charge in [0.2, 0.25) is 5.78 Å². The van der Waals surface area contributed by atoms with E-state index in [4.69, 9.17) is 0 Å². The number of Topliss-reactive ketones (excluding diaryl/α,β-unsaturated/α-hetero) is 1. The van der Waals surface area contributed by atoms with Gasteiger partial charge >= 0.3 is 5.92 Å². The highest BCUT2D eigenvalue weighted by molar-refractivity contribution is 6.79. The van der Waals surface area contributed by atoms with Crippen LogP contribution in [-0.2, 0) is 10.0 Å². The van der Waals surface area contributed by atoms with Crippen molar-refractivity contribution in [3.63, 3.8) is 0 Å². The molecule has 18 heavy (non-hydrogen) atoms. The molecular weight excluding hydrogens is 254 g/mol. The molecule has 1 atom stereocenters. The maximum absolute atomic E-state index is 14.2. The Labute approximate surface area is 107 Å². The maximum Gasteiger partial charge on any atom is 0.333 e. The molecule has 0 bridgehead atoms. The fourth-order valence-electron chi connectivity index (χ4n) is 2.02. The van der Waals surface area contributed by atoms with Crippen molar-refractivity contribution in [1.29, 1.82) is 0 Å². The summed E-state index contributed by atoms with van der Waals surface area (Å²) < 4.78 is 28.4. The second-order valence-corrected chi connectivity index (χ2v) is 10.7. The molecule has 1 aromatic carbocycles. The molecule has 0 aliphatic heterocycles. The predicted octanol–water partition coefficient (Wildman–Crippen LogP) is 2.98. The van der Waals surface area contributed by atoms with E-state index in [2.05, 4.69) is 0 Å². The van der Waals surface area contributed by atoms with Gasteiger partial charge in [-0.25, -0.2) is 0 Å². The minimum Gasteiger partial charge on any atom is -0.382 e. The van der Waals surface area contributed by atoms with Crippen LogP contribution in [0.25, 0.3) is 0 Å². The Balaban J connectivity index is 3.53. The van der Waals surface area contributed by atoms with Crippen molar-refractivity contribution < 1.29 is 18.7 Å². The lowest BCUT2D eigenvalue weighted by molar-refractivity contribution is -0.171. The van der Waals surface area contributed by atoms with Crippen molar-refractivity contribution in [2.45, 2.75) is 37.7 Å². The molecule has 0 fully saturated rings. The lowest BCUT2D eigenvalue weighted by Gasteiger charge is -2.43. The first-order chi connectivity index (χ1) is 8.05. The fraction of sp³-hybridized carbons (Fsp3) is 0.462. The van der Waals surface area contributed by atoms with Crippen molar-refractivity contribution in [2.75, 3.05) is 0 Å². The molecule has 0 spiro atoms. The minimum atomic E-state index is -3.78. The molecule has 1 N–H and O–H groups in total. The van der Waals surface area contributed by atoms with Crippen LogP contribution in [0.5, 0.6) is 0 Å². The third-order valence-corrected chi connectivity index (χ3v) is 5.95. The van der Waals surface area contributed by atoms with Gasteiger partial charge < -0.3 is 5.11 Å². The van der Waals surface area contributed by atoms with E-state index in [1.807, 2.05) is 0 Å². The number of aliphatic hydroxyl groups is 1. The van der Waals surface area contributed by atoms with Gasteiger partial charge in [-0.3, -0.25) is 4.79 Å². The number of halogens is 2. The summed E-state index contributed by atoms with van der Waals surface area (Å²) in [6.07, 6.45) is 0. The van der Waals surface area contributed by atoms with Crippen LogP contribution in [-0.4, -0.2) is 24.9 Å². The van der Waals surface area contributed by atoms with Gasteiger partial charge in [-0.1, -0.05) is 50.0 Å². The van der Waals surface area contributed by atoms with Gasteiger partial charge in [0.1, 0.15) is 5.22 Å². The lowest BCUT2D eigenvalue weighted by Crippen LogP contribution is -2.63. The van der Waals surface area contributed by atoms with E-state index in [1.165, 1.54) is 12.1 Å². The molecule has 0 amide bonds. The Morgan fingerprint density at radius 1 is 1.17 bits per heavy atom. The van der Waals surface area contributed by atoms with Crippen molar-refractivity contribution >= 4 is 13.9 Å². The highest BCUT2D eigenvalue weighted by Crippen LogP contribution is 2.45. The second-order valence-electron chi connectivity index (χ2n) is 5.46. The van der Waals surface area contributed by atoms with E-state index in [-0.39, 0.29) is 5.56 Å². The number of benzene rings is 1. The van der Waals surface area contributed by atoms with Gasteiger partial charge in [-0.15, -0.1) is 0 Å². The number of rotatable bonds is 4. The summed E-state index contributed by atoms with van der Waals surface area (Å²) >= 11 is 0. The largest absolute Gasteiger partial charge is 0.382 e. The normalized spacial score (nSPS) is 16.2. The van der Waals surface area contributed by atoms with Crippen LogP contribution in [0, 0.1) is 0 Å². The quantitative estimate of drug-likeness (QED) is 0.856. The summed E-state index contributed by atoms with van der Waals surface area (Å²) in [7, 11) is -2.77. The number of carbonyl (C=O) groups is 1. The first kappa shape index (κ1) is 15.0. The van der Waals surface area contributed by atoms with Crippen LogP contribution < -0.4 is 0 Å². The summed E-state index contributed by atoms with van der Waals surface area (Å²) in [5, 5.41) is 8.21. The molecule has 1 rings (SSSR count). The molecule has 0 saturated carbocycles. The molecule has 0 saturated heterocycles. The van der Waals surface area contributed by atoms with Crippen LogP contribution in [0.15, 0.2) is 30.3 Å². The van der Waals surface area contributed by atoms with Gasteiger partial charge in [0.25, 0.3) is 0 Å².